The summed E-state index contributed by atoms with van der Waals surface area (Å²) in [4.78, 5) is 54.5. The van der Waals surface area contributed by atoms with Crippen molar-refractivity contribution < 1.29 is 28.4 Å². The Labute approximate surface area is 240 Å². The second-order valence-corrected chi connectivity index (χ2v) is 10.9. The van der Waals surface area contributed by atoms with Gasteiger partial charge in [-0.05, 0) is 48.7 Å². The zero-order valence-corrected chi connectivity index (χ0v) is 23.1. The second-order valence-electron chi connectivity index (χ2n) is 10.9. The highest BCUT2D eigenvalue weighted by atomic mass is 16.5. The maximum Gasteiger partial charge on any atom is 0.411 e. The first-order valence-electron chi connectivity index (χ1n) is 14.4. The average Bonchev–Trinajstić information content (AvgIpc) is 3.71. The Morgan fingerprint density at radius 1 is 0.780 bits per heavy atom. The van der Waals surface area contributed by atoms with E-state index in [-0.39, 0.29) is 25.6 Å². The minimum Gasteiger partial charge on any atom is -0.457 e. The number of nitrogens with one attached hydrogen (secondary N) is 2. The van der Waals surface area contributed by atoms with E-state index in [0.29, 0.717) is 29.9 Å². The third kappa shape index (κ3) is 6.72. The Kier molecular flexibility index (Phi) is 8.89. The number of quaternary nitrogens is 1. The predicted molar refractivity (Wildman–Crippen MR) is 154 cm³/mol. The first-order valence-corrected chi connectivity index (χ1v) is 14.4. The Morgan fingerprint density at radius 3 is 2.10 bits per heavy atom. The first-order chi connectivity index (χ1) is 19.9. The molecule has 8 heteroatoms. The van der Waals surface area contributed by atoms with Crippen molar-refractivity contribution in [3.05, 3.63) is 96.1 Å². The topological polar surface area (TPSA) is 102 Å². The fraction of sp³-hybridized carbons (Fsp3) is 0.333. The van der Waals surface area contributed by atoms with E-state index >= 15 is 0 Å². The molecule has 0 aromatic heterocycles. The van der Waals surface area contributed by atoms with E-state index in [1.54, 1.807) is 24.3 Å². The summed E-state index contributed by atoms with van der Waals surface area (Å²) in [5, 5.41) is 5.76. The molecule has 1 aliphatic heterocycles. The minimum atomic E-state index is -1.01. The largest absolute Gasteiger partial charge is 0.457 e. The summed E-state index contributed by atoms with van der Waals surface area (Å²) in [5.74, 6) is -1.23. The molecule has 3 aromatic carbocycles. The van der Waals surface area contributed by atoms with Crippen LogP contribution in [0.3, 0.4) is 0 Å². The highest BCUT2D eigenvalue weighted by Gasteiger charge is 2.53. The van der Waals surface area contributed by atoms with Crippen molar-refractivity contribution in [2.24, 2.45) is 0 Å². The van der Waals surface area contributed by atoms with E-state index in [1.807, 2.05) is 60.7 Å². The third-order valence-electron chi connectivity index (χ3n) is 7.99. The van der Waals surface area contributed by atoms with Crippen molar-refractivity contribution in [3.8, 4) is 11.5 Å². The molecule has 4 amide bonds. The summed E-state index contributed by atoms with van der Waals surface area (Å²) < 4.78 is 5.31. The lowest BCUT2D eigenvalue weighted by atomic mass is 10.0. The van der Waals surface area contributed by atoms with E-state index in [0.717, 1.165) is 31.2 Å². The molecule has 1 unspecified atom stereocenters. The maximum atomic E-state index is 14.3. The monoisotopic (exact) mass is 554 g/mol. The first kappa shape index (κ1) is 28.2. The van der Waals surface area contributed by atoms with Gasteiger partial charge in [0, 0.05) is 30.9 Å². The molecule has 1 aliphatic carbocycles. The molecule has 2 fully saturated rings. The molecule has 8 nitrogen and oxygen atoms in total. The summed E-state index contributed by atoms with van der Waals surface area (Å²) in [7, 11) is 0. The van der Waals surface area contributed by atoms with Crippen LogP contribution in [0.15, 0.2) is 84.9 Å². The number of hydrogen-bond acceptors (Lipinski definition) is 5. The van der Waals surface area contributed by atoms with Crippen LogP contribution in [0.2, 0.25) is 0 Å². The van der Waals surface area contributed by atoms with Crippen LogP contribution in [0, 0.1) is 0 Å². The van der Waals surface area contributed by atoms with Gasteiger partial charge in [-0.1, -0.05) is 67.4 Å². The predicted octanol–water partition coefficient (Wildman–Crippen LogP) is 4.54. The average molecular weight is 555 g/mol. The van der Waals surface area contributed by atoms with Crippen molar-refractivity contribution in [2.75, 3.05) is 13.1 Å². The molecule has 1 saturated heterocycles. The molecule has 1 atom stereocenters. The molecule has 1 saturated carbocycles. The van der Waals surface area contributed by atoms with E-state index in [9.17, 15) is 19.2 Å². The number of rotatable bonds is 8. The maximum absolute atomic E-state index is 14.3. The summed E-state index contributed by atoms with van der Waals surface area (Å²) in [5.41, 5.74) is 1.16. The van der Waals surface area contributed by atoms with Gasteiger partial charge in [0.15, 0.2) is 0 Å². The van der Waals surface area contributed by atoms with Crippen LogP contribution in [0.1, 0.15) is 54.4 Å². The standard InChI is InChI=1S/C33H35N3O5/c37-30(25-14-11-19-28(23-25)41-27-17-5-2-6-18-27)35-29(22-24-12-3-1-4-13-24)32(39)36(20-9-10-21-36)33(40)31(38)34-26-15-7-8-16-26/h1-6,11-14,17-19,23,26,29H,7-10,15-16,20-22H2,(H-,34,35,37,38)/p+1. The van der Waals surface area contributed by atoms with Crippen LogP contribution in [-0.2, 0) is 20.8 Å². The Balaban J connectivity index is 1.38. The summed E-state index contributed by atoms with van der Waals surface area (Å²) in [6.07, 6.45) is 5.21. The summed E-state index contributed by atoms with van der Waals surface area (Å²) >= 11 is 0. The molecule has 212 valence electrons. The molecule has 0 bridgehead atoms. The van der Waals surface area contributed by atoms with Crippen LogP contribution in [-0.4, -0.2) is 53.3 Å². The zero-order chi connectivity index (χ0) is 28.7. The van der Waals surface area contributed by atoms with Crippen molar-refractivity contribution in [3.63, 3.8) is 0 Å². The van der Waals surface area contributed by atoms with Gasteiger partial charge in [0.25, 0.3) is 5.91 Å². The molecule has 1 heterocycles. The highest BCUT2D eigenvalue weighted by molar-refractivity contribution is 6.33. The highest BCUT2D eigenvalue weighted by Crippen LogP contribution is 2.26. The molecule has 2 N–H and O–H groups in total. The number of likely N-dealkylation sites (tertiary alicyclic amines) is 1. The zero-order valence-electron chi connectivity index (χ0n) is 23.1. The molecule has 41 heavy (non-hydrogen) atoms. The smallest absolute Gasteiger partial charge is 0.411 e. The van der Waals surface area contributed by atoms with Crippen molar-refractivity contribution in [1.82, 2.24) is 10.6 Å². The lowest BCUT2D eigenvalue weighted by molar-refractivity contribution is -0.762. The van der Waals surface area contributed by atoms with Gasteiger partial charge in [-0.15, -0.1) is 0 Å². The van der Waals surface area contributed by atoms with Gasteiger partial charge < -0.3 is 15.4 Å². The molecule has 2 aliphatic rings. The van der Waals surface area contributed by atoms with Gasteiger partial charge in [0.2, 0.25) is 0 Å². The number of benzene rings is 3. The Morgan fingerprint density at radius 2 is 1.41 bits per heavy atom. The molecular weight excluding hydrogens is 518 g/mol. The number of imide groups is 1. The summed E-state index contributed by atoms with van der Waals surface area (Å²) in [6.45, 7) is 0.495. The molecule has 5 rings (SSSR count). The van der Waals surface area contributed by atoms with E-state index in [2.05, 4.69) is 10.6 Å². The molecule has 0 spiro atoms. The fourth-order valence-electron chi connectivity index (χ4n) is 5.83. The van der Waals surface area contributed by atoms with Crippen LogP contribution < -0.4 is 15.4 Å². The number of carbonyl (C=O) groups excluding carboxylic acids is 4. The van der Waals surface area contributed by atoms with Crippen molar-refractivity contribution in [2.45, 2.75) is 57.0 Å². The van der Waals surface area contributed by atoms with Crippen LogP contribution in [0.5, 0.6) is 11.5 Å². The third-order valence-corrected chi connectivity index (χ3v) is 7.99. The molecule has 0 radical (unpaired) electrons. The van der Waals surface area contributed by atoms with Gasteiger partial charge in [0.05, 0.1) is 13.1 Å². The molecule has 3 aromatic rings. The van der Waals surface area contributed by atoms with E-state index in [1.165, 1.54) is 0 Å². The second kappa shape index (κ2) is 12.9. The van der Waals surface area contributed by atoms with E-state index < -0.39 is 34.2 Å². The minimum absolute atomic E-state index is 0.0330. The number of amides is 4. The van der Waals surface area contributed by atoms with Crippen molar-refractivity contribution >= 4 is 23.6 Å². The number of hydrogen-bond donors (Lipinski definition) is 2. The SMILES string of the molecule is O=C(NC1CCCC1)C(=O)[N+]1(C(=O)C(Cc2ccccc2)NC(=O)c2cccc(Oc3ccccc3)c2)CCCC1. The lowest BCUT2D eigenvalue weighted by Crippen LogP contribution is -2.65. The normalized spacial score (nSPS) is 17.0. The van der Waals surface area contributed by atoms with E-state index in [4.69, 9.17) is 4.74 Å². The van der Waals surface area contributed by atoms with Gasteiger partial charge in [-0.3, -0.25) is 9.59 Å². The summed E-state index contributed by atoms with van der Waals surface area (Å²) in [6, 6.07) is 24.3. The van der Waals surface area contributed by atoms with Crippen LogP contribution in [0.25, 0.3) is 0 Å². The number of para-hydroxylation sites is 1. The number of carbonyl (C=O) groups is 4. The lowest BCUT2D eigenvalue weighted by Gasteiger charge is -2.31. The quantitative estimate of drug-likeness (QED) is 0.315. The Bertz CT molecular complexity index is 1380. The van der Waals surface area contributed by atoms with Gasteiger partial charge >= 0.3 is 17.7 Å². The van der Waals surface area contributed by atoms with Gasteiger partial charge in [-0.25, -0.2) is 9.59 Å². The van der Waals surface area contributed by atoms with Gasteiger partial charge in [0.1, 0.15) is 17.5 Å². The van der Waals surface area contributed by atoms with Gasteiger partial charge in [-0.2, -0.15) is 4.48 Å². The number of ether oxygens (including phenoxy) is 1. The molecular formula is C33H36N3O5+. The van der Waals surface area contributed by atoms with Crippen LogP contribution >= 0.6 is 0 Å². The Hall–Kier alpha value is -4.30. The van der Waals surface area contributed by atoms with Crippen molar-refractivity contribution in [1.29, 1.82) is 0 Å². The fourth-order valence-corrected chi connectivity index (χ4v) is 5.83. The van der Waals surface area contributed by atoms with Crippen LogP contribution in [0.4, 0.5) is 0 Å². The number of nitrogens with zero attached hydrogens (tertiary/aromatic N) is 1.